The van der Waals surface area contributed by atoms with Crippen molar-refractivity contribution < 1.29 is 18.0 Å². The van der Waals surface area contributed by atoms with Crippen LogP contribution in [-0.4, -0.2) is 14.8 Å². The van der Waals surface area contributed by atoms with E-state index in [1.54, 1.807) is 24.5 Å². The Morgan fingerprint density at radius 2 is 1.97 bits per heavy atom. The molecule has 0 saturated heterocycles. The predicted molar refractivity (Wildman–Crippen MR) is 130 cm³/mol. The number of hydrogen-bond acceptors (Lipinski definition) is 3. The fraction of sp³-hybridized carbons (Fsp3) is 0.0800. The van der Waals surface area contributed by atoms with Gasteiger partial charge in [-0.25, -0.2) is 18.2 Å². The molecule has 1 heterocycles. The number of rotatable bonds is 7. The molecular weight excluding hydrogens is 479 g/mol. The maximum absolute atomic E-state index is 15.4. The summed E-state index contributed by atoms with van der Waals surface area (Å²) in [6.45, 7) is 1.90. The van der Waals surface area contributed by atoms with Gasteiger partial charge in [0.2, 0.25) is 0 Å². The number of H-pyrrole nitrogens is 1. The van der Waals surface area contributed by atoms with Gasteiger partial charge < -0.3 is 10.7 Å². The number of hydrazine groups is 1. The maximum atomic E-state index is 15.4. The van der Waals surface area contributed by atoms with Crippen LogP contribution < -0.4 is 11.2 Å². The molecule has 3 aromatic carbocycles. The Bertz CT molecular complexity index is 1440. The van der Waals surface area contributed by atoms with E-state index in [0.29, 0.717) is 28.4 Å². The van der Waals surface area contributed by atoms with Crippen LogP contribution in [0.1, 0.15) is 24.7 Å². The Morgan fingerprint density at radius 3 is 2.66 bits per heavy atom. The van der Waals surface area contributed by atoms with Gasteiger partial charge in [0, 0.05) is 46.2 Å². The summed E-state index contributed by atoms with van der Waals surface area (Å²) in [5.41, 5.74) is 7.64. The Morgan fingerprint density at radius 1 is 1.17 bits per heavy atom. The molecule has 0 spiro atoms. The van der Waals surface area contributed by atoms with E-state index in [1.165, 1.54) is 24.3 Å². The number of anilines is 2. The van der Waals surface area contributed by atoms with Crippen LogP contribution in [0.3, 0.4) is 0 Å². The summed E-state index contributed by atoms with van der Waals surface area (Å²) in [6, 6.07) is 10.6. The first-order chi connectivity index (χ1) is 16.8. The zero-order chi connectivity index (χ0) is 25.1. The van der Waals surface area contributed by atoms with Crippen LogP contribution in [0.5, 0.6) is 0 Å². The Kier molecular flexibility index (Phi) is 6.88. The van der Waals surface area contributed by atoms with Crippen LogP contribution >= 0.6 is 11.6 Å². The highest BCUT2D eigenvalue weighted by Gasteiger charge is 2.25. The number of nitrogens with two attached hydrogens (primary N) is 1. The number of halogens is 4. The smallest absolute Gasteiger partial charge is 0.293 e. The SMILES string of the molecule is CC/C=C(\c1ncc[nH]1)c1ccc(-c2c(F)ccc(N[N+](=O)c3cccc(Cl)c3)c2F)c(F)c1N. The second-order valence-corrected chi connectivity index (χ2v) is 7.96. The summed E-state index contributed by atoms with van der Waals surface area (Å²) in [5.74, 6) is -2.70. The number of nitrogen functional groups attached to an aromatic ring is 1. The molecule has 0 fully saturated rings. The molecule has 0 bridgehead atoms. The number of imidazole rings is 1. The standard InChI is InChI=1S/C25H20ClF3N5O/c1-2-4-17(25-31-11-12-32-25)16-7-8-18(22(28)24(16)30)21-19(27)9-10-20(23(21)29)33-34(35)15-6-3-5-14(26)13-15/h3-13H,2,30H2,1H3,(H,31,32)(H,33,35)/q+1/b17-4-. The molecule has 10 heteroatoms. The van der Waals surface area contributed by atoms with Crippen molar-refractivity contribution in [3.8, 4) is 11.1 Å². The molecule has 178 valence electrons. The number of nitrogens with zero attached hydrogens (tertiary/aromatic N) is 2. The predicted octanol–water partition coefficient (Wildman–Crippen LogP) is 7.01. The zero-order valence-electron chi connectivity index (χ0n) is 18.4. The third-order valence-electron chi connectivity index (χ3n) is 5.26. The first kappa shape index (κ1) is 24.0. The van der Waals surface area contributed by atoms with Gasteiger partial charge in [0.25, 0.3) is 5.69 Å². The molecule has 0 aliphatic rings. The average molecular weight is 499 g/mol. The molecule has 0 unspecified atom stereocenters. The van der Waals surface area contributed by atoms with Crippen molar-refractivity contribution in [2.75, 3.05) is 11.2 Å². The normalized spacial score (nSPS) is 11.5. The third kappa shape index (κ3) is 4.76. The minimum Gasteiger partial charge on any atom is -0.396 e. The first-order valence-electron chi connectivity index (χ1n) is 10.6. The monoisotopic (exact) mass is 498 g/mol. The number of nitroso groups, excluding NO2 is 1. The van der Waals surface area contributed by atoms with Gasteiger partial charge in [0.15, 0.2) is 16.5 Å². The van der Waals surface area contributed by atoms with Gasteiger partial charge in [-0.3, -0.25) is 0 Å². The fourth-order valence-electron chi connectivity index (χ4n) is 3.63. The van der Waals surface area contributed by atoms with E-state index in [9.17, 15) is 9.30 Å². The lowest BCUT2D eigenvalue weighted by Gasteiger charge is -2.14. The van der Waals surface area contributed by atoms with E-state index in [-0.39, 0.29) is 27.5 Å². The number of benzene rings is 3. The number of aromatic amines is 1. The fourth-order valence-corrected chi connectivity index (χ4v) is 3.82. The van der Waals surface area contributed by atoms with Crippen molar-refractivity contribution in [1.29, 1.82) is 0 Å². The van der Waals surface area contributed by atoms with Gasteiger partial charge in [0.05, 0.1) is 16.2 Å². The van der Waals surface area contributed by atoms with Crippen LogP contribution in [0.2, 0.25) is 5.02 Å². The van der Waals surface area contributed by atoms with Crippen LogP contribution in [0, 0.1) is 22.4 Å². The molecule has 0 atom stereocenters. The molecule has 4 rings (SSSR count). The molecule has 4 aromatic rings. The van der Waals surface area contributed by atoms with E-state index in [0.717, 1.165) is 12.1 Å². The topological polar surface area (TPSA) is 86.8 Å². The second kappa shape index (κ2) is 10.0. The summed E-state index contributed by atoms with van der Waals surface area (Å²) >= 11 is 5.89. The molecule has 0 radical (unpaired) electrons. The van der Waals surface area contributed by atoms with Gasteiger partial charge in [-0.1, -0.05) is 42.8 Å². The largest absolute Gasteiger partial charge is 0.396 e. The van der Waals surface area contributed by atoms with Gasteiger partial charge in [-0.15, -0.1) is 5.43 Å². The minimum atomic E-state index is -1.16. The highest BCUT2D eigenvalue weighted by Crippen LogP contribution is 2.38. The van der Waals surface area contributed by atoms with Crippen LogP contribution in [0.4, 0.5) is 30.2 Å². The van der Waals surface area contributed by atoms with Crippen molar-refractivity contribution >= 4 is 34.2 Å². The molecule has 4 N–H and O–H groups in total. The lowest BCUT2D eigenvalue weighted by molar-refractivity contribution is -0.428. The van der Waals surface area contributed by atoms with Crippen molar-refractivity contribution in [2.45, 2.75) is 13.3 Å². The molecule has 35 heavy (non-hydrogen) atoms. The Hall–Kier alpha value is -4.11. The van der Waals surface area contributed by atoms with Gasteiger partial charge >= 0.3 is 0 Å². The molecule has 0 amide bonds. The molecule has 0 saturated carbocycles. The highest BCUT2D eigenvalue weighted by molar-refractivity contribution is 6.30. The Balaban J connectivity index is 1.76. The van der Waals surface area contributed by atoms with Crippen molar-refractivity contribution in [3.63, 3.8) is 0 Å². The average Bonchev–Trinajstić information content (AvgIpc) is 3.37. The number of nitrogens with one attached hydrogen (secondary N) is 2. The molecule has 1 aromatic heterocycles. The van der Waals surface area contributed by atoms with E-state index in [2.05, 4.69) is 15.4 Å². The highest BCUT2D eigenvalue weighted by atomic mass is 35.5. The van der Waals surface area contributed by atoms with E-state index >= 15 is 8.78 Å². The van der Waals surface area contributed by atoms with Gasteiger partial charge in [-0.05, 0) is 24.6 Å². The van der Waals surface area contributed by atoms with Crippen molar-refractivity contribution in [1.82, 2.24) is 9.97 Å². The molecule has 0 aliphatic carbocycles. The van der Waals surface area contributed by atoms with Crippen molar-refractivity contribution in [2.24, 2.45) is 0 Å². The third-order valence-corrected chi connectivity index (χ3v) is 5.49. The molecular formula is C25H20ClF3N5O+. The lowest BCUT2D eigenvalue weighted by Crippen LogP contribution is -2.12. The summed E-state index contributed by atoms with van der Waals surface area (Å²) in [6.07, 6.45) is 5.60. The number of aromatic nitrogens is 2. The van der Waals surface area contributed by atoms with E-state index in [1.807, 2.05) is 13.0 Å². The molecule has 6 nitrogen and oxygen atoms in total. The minimum absolute atomic E-state index is 0.0933. The van der Waals surface area contributed by atoms with Crippen LogP contribution in [-0.2, 0) is 0 Å². The Labute approximate surface area is 203 Å². The first-order valence-corrected chi connectivity index (χ1v) is 11.0. The van der Waals surface area contributed by atoms with Crippen LogP contribution in [0.25, 0.3) is 16.7 Å². The second-order valence-electron chi connectivity index (χ2n) is 7.52. The summed E-state index contributed by atoms with van der Waals surface area (Å²) in [4.78, 5) is 19.8. The summed E-state index contributed by atoms with van der Waals surface area (Å²) in [5, 5.41) is 0.300. The van der Waals surface area contributed by atoms with Crippen LogP contribution in [0.15, 0.2) is 67.0 Å². The lowest BCUT2D eigenvalue weighted by atomic mass is 9.95. The molecule has 0 aliphatic heterocycles. The zero-order valence-corrected chi connectivity index (χ0v) is 19.2. The van der Waals surface area contributed by atoms with Gasteiger partial charge in [-0.2, -0.15) is 0 Å². The number of allylic oxidation sites excluding steroid dienone is 1. The van der Waals surface area contributed by atoms with E-state index in [4.69, 9.17) is 17.3 Å². The van der Waals surface area contributed by atoms with Crippen molar-refractivity contribution in [3.05, 3.63) is 106 Å². The van der Waals surface area contributed by atoms with E-state index < -0.39 is 23.0 Å². The van der Waals surface area contributed by atoms with Gasteiger partial charge in [0.1, 0.15) is 17.3 Å². The maximum Gasteiger partial charge on any atom is 0.293 e. The summed E-state index contributed by atoms with van der Waals surface area (Å²) in [7, 11) is 0. The quantitative estimate of drug-likeness (QED) is 0.145. The summed E-state index contributed by atoms with van der Waals surface area (Å²) < 4.78 is 45.5. The number of hydrogen-bond donors (Lipinski definition) is 3.